The van der Waals surface area contributed by atoms with E-state index in [4.69, 9.17) is 4.84 Å². The summed E-state index contributed by atoms with van der Waals surface area (Å²) in [6, 6.07) is 4.70. The van der Waals surface area contributed by atoms with E-state index in [1.54, 1.807) is 12.1 Å². The lowest BCUT2D eigenvalue weighted by Gasteiger charge is -2.13. The summed E-state index contributed by atoms with van der Waals surface area (Å²) in [6.45, 7) is 5.58. The van der Waals surface area contributed by atoms with Crippen LogP contribution < -0.4 is 0 Å². The Bertz CT molecular complexity index is 617. The summed E-state index contributed by atoms with van der Waals surface area (Å²) in [7, 11) is -4.26. The van der Waals surface area contributed by atoms with Crippen molar-refractivity contribution in [2.75, 3.05) is 0 Å². The smallest absolute Gasteiger partial charge is 0.295 e. The molecule has 0 saturated heterocycles. The summed E-state index contributed by atoms with van der Waals surface area (Å²) >= 11 is 0. The standard InChI is InChI=1S/C12H15NO4S/c1-8-4-5-11(18(14,15)16)9(6-8)10-7-12(2,3)17-13-10/h4-6H,7H2,1-3H3,(H,14,15,16). The summed E-state index contributed by atoms with van der Waals surface area (Å²) in [5.41, 5.74) is 1.39. The summed E-state index contributed by atoms with van der Waals surface area (Å²) < 4.78 is 31.9. The van der Waals surface area contributed by atoms with E-state index < -0.39 is 15.7 Å². The van der Waals surface area contributed by atoms with Gasteiger partial charge in [-0.05, 0) is 32.9 Å². The number of aryl methyl sites for hydroxylation is 1. The molecule has 1 heterocycles. The van der Waals surface area contributed by atoms with Crippen LogP contribution in [-0.2, 0) is 15.0 Å². The lowest BCUT2D eigenvalue weighted by molar-refractivity contribution is 0.0123. The van der Waals surface area contributed by atoms with Gasteiger partial charge in [0.05, 0.1) is 5.71 Å². The van der Waals surface area contributed by atoms with Crippen LogP contribution in [0.3, 0.4) is 0 Å². The Hall–Kier alpha value is -1.40. The molecule has 5 nitrogen and oxygen atoms in total. The van der Waals surface area contributed by atoms with E-state index in [9.17, 15) is 13.0 Å². The van der Waals surface area contributed by atoms with Gasteiger partial charge >= 0.3 is 0 Å². The number of hydrogen-bond donors (Lipinski definition) is 1. The Labute approximate surface area is 106 Å². The highest BCUT2D eigenvalue weighted by molar-refractivity contribution is 7.86. The second-order valence-corrected chi connectivity index (χ2v) is 6.43. The second kappa shape index (κ2) is 4.07. The minimum absolute atomic E-state index is 0.131. The summed E-state index contributed by atoms with van der Waals surface area (Å²) in [4.78, 5) is 5.10. The molecule has 0 radical (unpaired) electrons. The van der Waals surface area contributed by atoms with Crippen LogP contribution in [0.1, 0.15) is 31.4 Å². The van der Waals surface area contributed by atoms with E-state index in [2.05, 4.69) is 5.16 Å². The SMILES string of the molecule is Cc1ccc(S(=O)(=O)O)c(C2=NOC(C)(C)C2)c1. The Balaban J connectivity index is 2.55. The van der Waals surface area contributed by atoms with Gasteiger partial charge in [-0.1, -0.05) is 16.8 Å². The van der Waals surface area contributed by atoms with Crippen molar-refractivity contribution in [1.29, 1.82) is 0 Å². The zero-order valence-electron chi connectivity index (χ0n) is 10.5. The Morgan fingerprint density at radius 1 is 1.39 bits per heavy atom. The predicted molar refractivity (Wildman–Crippen MR) is 67.3 cm³/mol. The first kappa shape index (κ1) is 13.0. The zero-order chi connectivity index (χ0) is 13.6. The van der Waals surface area contributed by atoms with Crippen molar-refractivity contribution < 1.29 is 17.8 Å². The van der Waals surface area contributed by atoms with Crippen molar-refractivity contribution in [3.8, 4) is 0 Å². The van der Waals surface area contributed by atoms with E-state index in [1.165, 1.54) is 6.07 Å². The molecule has 0 fully saturated rings. The number of hydrogen-bond acceptors (Lipinski definition) is 4. The number of rotatable bonds is 2. The molecule has 1 aromatic rings. The number of oxime groups is 1. The summed E-state index contributed by atoms with van der Waals surface area (Å²) in [5, 5.41) is 3.92. The average molecular weight is 269 g/mol. The van der Waals surface area contributed by atoms with E-state index in [-0.39, 0.29) is 4.90 Å². The lowest BCUT2D eigenvalue weighted by Crippen LogP contribution is -2.20. The molecule has 1 N–H and O–H groups in total. The first-order valence-electron chi connectivity index (χ1n) is 5.53. The van der Waals surface area contributed by atoms with E-state index in [0.717, 1.165) is 5.56 Å². The quantitative estimate of drug-likeness (QED) is 0.835. The Morgan fingerprint density at radius 2 is 2.06 bits per heavy atom. The van der Waals surface area contributed by atoms with Crippen LogP contribution in [-0.4, -0.2) is 24.3 Å². The maximum atomic E-state index is 11.3. The highest BCUT2D eigenvalue weighted by Gasteiger charge is 2.32. The predicted octanol–water partition coefficient (Wildman–Crippen LogP) is 2.14. The van der Waals surface area contributed by atoms with Crippen LogP contribution >= 0.6 is 0 Å². The van der Waals surface area contributed by atoms with Crippen molar-refractivity contribution in [3.05, 3.63) is 29.3 Å². The molecule has 1 aliphatic rings. The van der Waals surface area contributed by atoms with Gasteiger partial charge in [0.25, 0.3) is 10.1 Å². The van der Waals surface area contributed by atoms with Gasteiger partial charge in [-0.25, -0.2) is 0 Å². The molecule has 1 aliphatic heterocycles. The largest absolute Gasteiger partial charge is 0.389 e. The molecule has 0 saturated carbocycles. The van der Waals surface area contributed by atoms with Crippen LogP contribution in [0.4, 0.5) is 0 Å². The van der Waals surface area contributed by atoms with Gasteiger partial charge in [-0.15, -0.1) is 0 Å². The fraction of sp³-hybridized carbons (Fsp3) is 0.417. The zero-order valence-corrected chi connectivity index (χ0v) is 11.3. The molecule has 18 heavy (non-hydrogen) atoms. The Morgan fingerprint density at radius 3 is 2.56 bits per heavy atom. The van der Waals surface area contributed by atoms with Gasteiger partial charge in [-0.3, -0.25) is 4.55 Å². The second-order valence-electron chi connectivity index (χ2n) is 5.04. The lowest BCUT2D eigenvalue weighted by atomic mass is 9.97. The fourth-order valence-corrected chi connectivity index (χ4v) is 2.58. The molecule has 2 rings (SSSR count). The number of benzene rings is 1. The van der Waals surface area contributed by atoms with Crippen LogP contribution in [0.5, 0.6) is 0 Å². The molecule has 0 bridgehead atoms. The molecule has 0 amide bonds. The van der Waals surface area contributed by atoms with E-state index >= 15 is 0 Å². The van der Waals surface area contributed by atoms with Gasteiger partial charge in [-0.2, -0.15) is 8.42 Å². The molecule has 1 aromatic carbocycles. The summed E-state index contributed by atoms with van der Waals surface area (Å²) in [6.07, 6.45) is 0.499. The van der Waals surface area contributed by atoms with Gasteiger partial charge in [0.2, 0.25) is 0 Å². The molecule has 0 aromatic heterocycles. The Kier molecular flexibility index (Phi) is 2.95. The van der Waals surface area contributed by atoms with Crippen LogP contribution in [0.25, 0.3) is 0 Å². The highest BCUT2D eigenvalue weighted by atomic mass is 32.2. The normalized spacial score (nSPS) is 18.3. The molecule has 0 spiro atoms. The van der Waals surface area contributed by atoms with Crippen molar-refractivity contribution in [2.24, 2.45) is 5.16 Å². The van der Waals surface area contributed by atoms with Gasteiger partial charge < -0.3 is 4.84 Å². The minimum Gasteiger partial charge on any atom is -0.389 e. The summed E-state index contributed by atoms with van der Waals surface area (Å²) in [5.74, 6) is 0. The average Bonchev–Trinajstić information content (AvgIpc) is 2.57. The van der Waals surface area contributed by atoms with Gasteiger partial charge in [0, 0.05) is 12.0 Å². The van der Waals surface area contributed by atoms with Crippen molar-refractivity contribution in [2.45, 2.75) is 37.7 Å². The topological polar surface area (TPSA) is 76.0 Å². The first-order chi connectivity index (χ1) is 8.19. The van der Waals surface area contributed by atoms with Crippen LogP contribution in [0.15, 0.2) is 28.3 Å². The third-order valence-electron chi connectivity index (χ3n) is 2.72. The van der Waals surface area contributed by atoms with E-state index in [0.29, 0.717) is 17.7 Å². The maximum Gasteiger partial charge on any atom is 0.295 e. The molecule has 98 valence electrons. The first-order valence-corrected chi connectivity index (χ1v) is 6.97. The monoisotopic (exact) mass is 269 g/mol. The molecular formula is C12H15NO4S. The third-order valence-corrected chi connectivity index (χ3v) is 3.63. The van der Waals surface area contributed by atoms with E-state index in [1.807, 2.05) is 20.8 Å². The molecule has 0 aliphatic carbocycles. The van der Waals surface area contributed by atoms with Gasteiger partial charge in [0.15, 0.2) is 0 Å². The van der Waals surface area contributed by atoms with Crippen LogP contribution in [0.2, 0.25) is 0 Å². The van der Waals surface area contributed by atoms with Crippen molar-refractivity contribution in [1.82, 2.24) is 0 Å². The highest BCUT2D eigenvalue weighted by Crippen LogP contribution is 2.29. The van der Waals surface area contributed by atoms with Crippen LogP contribution in [0, 0.1) is 6.92 Å². The molecule has 0 atom stereocenters. The van der Waals surface area contributed by atoms with Crippen molar-refractivity contribution >= 4 is 15.8 Å². The third kappa shape index (κ3) is 2.54. The van der Waals surface area contributed by atoms with Crippen molar-refractivity contribution in [3.63, 3.8) is 0 Å². The fourth-order valence-electron chi connectivity index (χ4n) is 1.89. The molecule has 0 unspecified atom stereocenters. The molecule has 6 heteroatoms. The maximum absolute atomic E-state index is 11.3. The minimum atomic E-state index is -4.26. The van der Waals surface area contributed by atoms with Gasteiger partial charge in [0.1, 0.15) is 10.5 Å². The molecular weight excluding hydrogens is 254 g/mol. The number of nitrogens with zero attached hydrogens (tertiary/aromatic N) is 1.